The molecular weight excluding hydrogens is 620 g/mol. The molecule has 1 aliphatic heterocycles. The Labute approximate surface area is 279 Å². The molecular formula is C34H44N6O8. The molecule has 0 radical (unpaired) electrons. The number of hydrogen-bond acceptors (Lipinski definition) is 10. The number of para-hydroxylation sites is 1. The molecule has 0 aliphatic carbocycles. The zero-order valence-electron chi connectivity index (χ0n) is 27.2. The fourth-order valence-corrected chi connectivity index (χ4v) is 5.53. The first-order valence-electron chi connectivity index (χ1n) is 15.9. The fourth-order valence-electron chi connectivity index (χ4n) is 5.53. The van der Waals surface area contributed by atoms with Crippen LogP contribution in [0, 0.1) is 0 Å². The van der Waals surface area contributed by atoms with Crippen molar-refractivity contribution in [3.63, 3.8) is 0 Å². The second kappa shape index (κ2) is 18.1. The van der Waals surface area contributed by atoms with Crippen LogP contribution in [0.2, 0.25) is 0 Å². The summed E-state index contributed by atoms with van der Waals surface area (Å²) in [6, 6.07) is 19.4. The molecule has 14 heteroatoms. The Morgan fingerprint density at radius 2 is 1.17 bits per heavy atom. The Balaban J connectivity index is 1.43. The number of amides is 1. The van der Waals surface area contributed by atoms with Crippen LogP contribution in [0.5, 0.6) is 5.75 Å². The van der Waals surface area contributed by atoms with E-state index in [-0.39, 0.29) is 38.6 Å². The van der Waals surface area contributed by atoms with Gasteiger partial charge in [0.05, 0.1) is 38.4 Å². The van der Waals surface area contributed by atoms with Crippen molar-refractivity contribution >= 4 is 34.7 Å². The van der Waals surface area contributed by atoms with Crippen molar-refractivity contribution in [2.75, 3.05) is 85.6 Å². The van der Waals surface area contributed by atoms with Crippen LogP contribution in [-0.2, 0) is 32.3 Å². The summed E-state index contributed by atoms with van der Waals surface area (Å²) in [6.07, 6.45) is 0. The first-order chi connectivity index (χ1) is 23.0. The molecule has 1 amide bonds. The number of ether oxygens (including phenoxy) is 1. The Bertz CT molecular complexity index is 1510. The van der Waals surface area contributed by atoms with Crippen molar-refractivity contribution in [3.8, 4) is 5.75 Å². The van der Waals surface area contributed by atoms with Gasteiger partial charge >= 0.3 is 17.9 Å². The number of carbonyl (C=O) groups is 4. The second-order valence-corrected chi connectivity index (χ2v) is 11.9. The van der Waals surface area contributed by atoms with Crippen LogP contribution < -0.4 is 4.74 Å². The predicted molar refractivity (Wildman–Crippen MR) is 178 cm³/mol. The second-order valence-electron chi connectivity index (χ2n) is 11.9. The molecule has 2 heterocycles. The van der Waals surface area contributed by atoms with E-state index in [1.54, 1.807) is 26.6 Å². The highest BCUT2D eigenvalue weighted by Gasteiger charge is 2.22. The van der Waals surface area contributed by atoms with E-state index in [2.05, 4.69) is 0 Å². The fraction of sp³-hybridized carbons (Fsp3) is 0.441. The lowest BCUT2D eigenvalue weighted by Gasteiger charge is -2.33. The van der Waals surface area contributed by atoms with Crippen LogP contribution in [0.4, 0.5) is 0 Å². The minimum Gasteiger partial charge on any atom is -0.487 e. The van der Waals surface area contributed by atoms with Gasteiger partial charge in [-0.2, -0.15) is 0 Å². The van der Waals surface area contributed by atoms with Crippen molar-refractivity contribution in [3.05, 3.63) is 71.9 Å². The van der Waals surface area contributed by atoms with E-state index in [4.69, 9.17) is 9.72 Å². The van der Waals surface area contributed by atoms with Gasteiger partial charge in [0.1, 0.15) is 17.9 Å². The van der Waals surface area contributed by atoms with Crippen molar-refractivity contribution in [2.24, 2.45) is 0 Å². The lowest BCUT2D eigenvalue weighted by molar-refractivity contribution is -0.140. The first kappa shape index (κ1) is 36.2. The molecule has 0 spiro atoms. The van der Waals surface area contributed by atoms with E-state index < -0.39 is 17.9 Å². The van der Waals surface area contributed by atoms with Gasteiger partial charge in [0.15, 0.2) is 0 Å². The normalized spacial score (nSPS) is 16.1. The van der Waals surface area contributed by atoms with E-state index in [1.165, 1.54) is 0 Å². The summed E-state index contributed by atoms with van der Waals surface area (Å²) < 4.78 is 6.10. The van der Waals surface area contributed by atoms with E-state index in [9.17, 15) is 34.5 Å². The molecule has 48 heavy (non-hydrogen) atoms. The first-order valence-corrected chi connectivity index (χ1v) is 15.9. The van der Waals surface area contributed by atoms with Gasteiger partial charge in [-0.05, 0) is 17.7 Å². The highest BCUT2D eigenvalue weighted by molar-refractivity contribution is 5.84. The van der Waals surface area contributed by atoms with Crippen molar-refractivity contribution in [1.29, 1.82) is 0 Å². The highest BCUT2D eigenvalue weighted by atomic mass is 16.5. The molecule has 258 valence electrons. The number of pyridine rings is 1. The Kier molecular flexibility index (Phi) is 13.6. The number of carboxylic acids is 3. The van der Waals surface area contributed by atoms with E-state index in [1.807, 2.05) is 65.6 Å². The van der Waals surface area contributed by atoms with Gasteiger partial charge in [0.2, 0.25) is 5.91 Å². The number of carbonyl (C=O) groups excluding carboxylic acids is 1. The topological polar surface area (TPSA) is 167 Å². The molecule has 4 rings (SSSR count). The number of nitrogens with zero attached hydrogens (tertiary/aromatic N) is 6. The van der Waals surface area contributed by atoms with Crippen LogP contribution in [0.3, 0.4) is 0 Å². The van der Waals surface area contributed by atoms with Crippen molar-refractivity contribution in [2.45, 2.75) is 13.2 Å². The van der Waals surface area contributed by atoms with Gasteiger partial charge in [-0.3, -0.25) is 38.8 Å². The molecule has 3 aromatic rings. The predicted octanol–water partition coefficient (Wildman–Crippen LogP) is 1.25. The number of aliphatic carboxylic acids is 3. The van der Waals surface area contributed by atoms with Crippen LogP contribution in [0.25, 0.3) is 10.9 Å². The van der Waals surface area contributed by atoms with E-state index >= 15 is 0 Å². The molecule has 0 bridgehead atoms. The smallest absolute Gasteiger partial charge is 0.317 e. The van der Waals surface area contributed by atoms with Gasteiger partial charge in [0.25, 0.3) is 0 Å². The Hall–Kier alpha value is -4.63. The monoisotopic (exact) mass is 664 g/mol. The number of hydrogen-bond donors (Lipinski definition) is 3. The molecule has 14 nitrogen and oxygen atoms in total. The van der Waals surface area contributed by atoms with Gasteiger partial charge in [-0.1, -0.05) is 48.5 Å². The number of aromatic nitrogens is 1. The van der Waals surface area contributed by atoms with Crippen LogP contribution in [0.15, 0.2) is 60.7 Å². The van der Waals surface area contributed by atoms with Gasteiger partial charge in [-0.25, -0.2) is 4.98 Å². The minimum absolute atomic E-state index is 0.0441. The lowest BCUT2D eigenvalue weighted by atomic mass is 10.2. The maximum absolute atomic E-state index is 13.5. The number of fused-ring (bicyclic) bond motifs is 1. The summed E-state index contributed by atoms with van der Waals surface area (Å²) in [5, 5.41) is 29.2. The molecule has 1 fully saturated rings. The maximum atomic E-state index is 13.5. The van der Waals surface area contributed by atoms with E-state index in [0.717, 1.165) is 10.9 Å². The average Bonchev–Trinajstić information content (AvgIpc) is 3.04. The summed E-state index contributed by atoms with van der Waals surface area (Å²) in [7, 11) is 1.70. The number of benzene rings is 2. The Morgan fingerprint density at radius 1 is 0.667 bits per heavy atom. The third-order valence-electron chi connectivity index (χ3n) is 8.17. The third-order valence-corrected chi connectivity index (χ3v) is 8.17. The zero-order valence-corrected chi connectivity index (χ0v) is 27.2. The largest absolute Gasteiger partial charge is 0.487 e. The maximum Gasteiger partial charge on any atom is 0.317 e. The molecule has 0 unspecified atom stereocenters. The molecule has 1 aliphatic rings. The van der Waals surface area contributed by atoms with Crippen molar-refractivity contribution < 1.29 is 39.2 Å². The van der Waals surface area contributed by atoms with Gasteiger partial charge in [-0.15, -0.1) is 0 Å². The number of likely N-dealkylation sites (N-methyl/N-ethyl adjacent to an activating group) is 1. The number of rotatable bonds is 13. The van der Waals surface area contributed by atoms with Crippen LogP contribution >= 0.6 is 0 Å². The quantitative estimate of drug-likeness (QED) is 0.239. The minimum atomic E-state index is -1.01. The Morgan fingerprint density at radius 3 is 1.67 bits per heavy atom. The van der Waals surface area contributed by atoms with Crippen molar-refractivity contribution in [1.82, 2.24) is 29.5 Å². The van der Waals surface area contributed by atoms with E-state index in [0.29, 0.717) is 75.9 Å². The van der Waals surface area contributed by atoms with Crippen LogP contribution in [0.1, 0.15) is 11.3 Å². The summed E-state index contributed by atoms with van der Waals surface area (Å²) in [4.78, 5) is 61.5. The van der Waals surface area contributed by atoms with Gasteiger partial charge in [0, 0.05) is 64.8 Å². The number of carboxylic acid groups (broad SMARTS) is 3. The zero-order chi connectivity index (χ0) is 34.5. The standard InChI is InChI=1S/C34H44N6O8/c1-36(20-28-11-10-27-8-5-9-29(34(27)35-28)48-25-26-6-3-2-4-7-26)30(41)21-37-12-14-38(22-31(42)43)16-18-40(24-33(46)47)19-17-39(15-13-37)23-32(44)45/h2-11H,12-25H2,1H3,(H,42,43)(H,44,45)(H,46,47). The molecule has 2 aromatic carbocycles. The van der Waals surface area contributed by atoms with Crippen LogP contribution in [-0.4, -0.2) is 154 Å². The van der Waals surface area contributed by atoms with Gasteiger partial charge < -0.3 is 25.0 Å². The summed E-state index contributed by atoms with van der Waals surface area (Å²) in [5.41, 5.74) is 2.43. The molecule has 0 atom stereocenters. The third kappa shape index (κ3) is 11.9. The molecule has 1 aromatic heterocycles. The molecule has 1 saturated heterocycles. The average molecular weight is 665 g/mol. The summed E-state index contributed by atoms with van der Waals surface area (Å²) in [5.74, 6) is -2.54. The summed E-state index contributed by atoms with van der Waals surface area (Å²) >= 11 is 0. The molecule has 0 saturated carbocycles. The summed E-state index contributed by atoms with van der Waals surface area (Å²) in [6.45, 7) is 2.64. The lowest BCUT2D eigenvalue weighted by Crippen LogP contribution is -2.49. The molecule has 3 N–H and O–H groups in total. The highest BCUT2D eigenvalue weighted by Crippen LogP contribution is 2.25. The SMILES string of the molecule is CN(Cc1ccc2cccc(OCc3ccccc3)c2n1)C(=O)CN1CCN(CC(=O)O)CCN(CC(=O)O)CCN(CC(=O)O)CC1.